The van der Waals surface area contributed by atoms with Crippen molar-refractivity contribution in [1.29, 1.82) is 0 Å². The van der Waals surface area contributed by atoms with E-state index in [1.807, 2.05) is 36.4 Å². The molecule has 0 bridgehead atoms. The highest BCUT2D eigenvalue weighted by molar-refractivity contribution is 5.77. The van der Waals surface area contributed by atoms with E-state index in [-0.39, 0.29) is 5.91 Å². The molecule has 2 aromatic heterocycles. The second-order valence-electron chi connectivity index (χ2n) is 5.15. The number of para-hydroxylation sites is 2. The molecule has 0 saturated heterocycles. The molecule has 3 rings (SSSR count). The second kappa shape index (κ2) is 6.91. The van der Waals surface area contributed by atoms with E-state index in [1.165, 1.54) is 0 Å². The number of hydrogen-bond donors (Lipinski definition) is 2. The van der Waals surface area contributed by atoms with Crippen LogP contribution in [0.5, 0.6) is 5.88 Å². The molecule has 0 aliphatic carbocycles. The Kier molecular flexibility index (Phi) is 4.52. The van der Waals surface area contributed by atoms with Crippen molar-refractivity contribution in [1.82, 2.24) is 20.3 Å². The summed E-state index contributed by atoms with van der Waals surface area (Å²) in [5.41, 5.74) is 2.76. The summed E-state index contributed by atoms with van der Waals surface area (Å²) in [6, 6.07) is 11.5. The topological polar surface area (TPSA) is 79.9 Å². The first-order valence-electron chi connectivity index (χ1n) is 7.44. The maximum absolute atomic E-state index is 12.0. The van der Waals surface area contributed by atoms with Gasteiger partial charge in [0.25, 0.3) is 0 Å². The van der Waals surface area contributed by atoms with Crippen LogP contribution in [-0.4, -0.2) is 28.0 Å². The Morgan fingerprint density at radius 2 is 2.13 bits per heavy atom. The van der Waals surface area contributed by atoms with Gasteiger partial charge in [-0.3, -0.25) is 4.79 Å². The van der Waals surface area contributed by atoms with E-state index in [9.17, 15) is 4.79 Å². The van der Waals surface area contributed by atoms with Crippen LogP contribution in [0.15, 0.2) is 42.6 Å². The van der Waals surface area contributed by atoms with Crippen LogP contribution in [0.4, 0.5) is 0 Å². The molecule has 118 valence electrons. The Bertz CT molecular complexity index is 780. The second-order valence-corrected chi connectivity index (χ2v) is 5.15. The number of methoxy groups -OCH3 is 1. The number of nitrogens with one attached hydrogen (secondary N) is 2. The van der Waals surface area contributed by atoms with Gasteiger partial charge in [0.1, 0.15) is 5.82 Å². The number of carbonyl (C=O) groups excluding carboxylic acids is 1. The molecule has 0 radical (unpaired) electrons. The molecule has 0 atom stereocenters. The van der Waals surface area contributed by atoms with Gasteiger partial charge >= 0.3 is 0 Å². The molecule has 0 spiro atoms. The van der Waals surface area contributed by atoms with Gasteiger partial charge < -0.3 is 15.0 Å². The Morgan fingerprint density at radius 1 is 1.26 bits per heavy atom. The van der Waals surface area contributed by atoms with Crippen LogP contribution < -0.4 is 10.1 Å². The Balaban J connectivity index is 1.53. The summed E-state index contributed by atoms with van der Waals surface area (Å²) in [4.78, 5) is 23.8. The van der Waals surface area contributed by atoms with Gasteiger partial charge in [0.05, 0.1) is 18.1 Å². The van der Waals surface area contributed by atoms with Gasteiger partial charge in [0, 0.05) is 31.1 Å². The maximum Gasteiger partial charge on any atom is 0.220 e. The van der Waals surface area contributed by atoms with E-state index in [4.69, 9.17) is 4.74 Å². The molecule has 0 saturated carbocycles. The highest BCUT2D eigenvalue weighted by atomic mass is 16.5. The minimum Gasteiger partial charge on any atom is -0.481 e. The van der Waals surface area contributed by atoms with Crippen LogP contribution in [0, 0.1) is 0 Å². The lowest BCUT2D eigenvalue weighted by molar-refractivity contribution is -0.121. The number of aryl methyl sites for hydroxylation is 1. The van der Waals surface area contributed by atoms with E-state index in [2.05, 4.69) is 20.3 Å². The van der Waals surface area contributed by atoms with Gasteiger partial charge in [-0.1, -0.05) is 18.2 Å². The van der Waals surface area contributed by atoms with Crippen LogP contribution in [0.3, 0.4) is 0 Å². The number of carbonyl (C=O) groups is 1. The maximum atomic E-state index is 12.0. The third-order valence-corrected chi connectivity index (χ3v) is 3.55. The number of hydrogen-bond acceptors (Lipinski definition) is 4. The number of amides is 1. The summed E-state index contributed by atoms with van der Waals surface area (Å²) in [6.07, 6.45) is 2.61. The number of pyridine rings is 1. The van der Waals surface area contributed by atoms with Gasteiger partial charge in [-0.2, -0.15) is 0 Å². The normalized spacial score (nSPS) is 10.7. The van der Waals surface area contributed by atoms with Crippen LogP contribution in [0.25, 0.3) is 11.0 Å². The van der Waals surface area contributed by atoms with Crippen molar-refractivity contribution in [2.45, 2.75) is 19.4 Å². The number of H-pyrrole nitrogens is 1. The minimum absolute atomic E-state index is 0.0311. The highest BCUT2D eigenvalue weighted by Gasteiger charge is 2.08. The molecule has 1 aromatic carbocycles. The van der Waals surface area contributed by atoms with Gasteiger partial charge in [0.2, 0.25) is 11.8 Å². The average molecular weight is 310 g/mol. The molecule has 1 amide bonds. The molecule has 0 aliphatic heterocycles. The van der Waals surface area contributed by atoms with E-state index < -0.39 is 0 Å². The average Bonchev–Trinajstić information content (AvgIpc) is 3.01. The quantitative estimate of drug-likeness (QED) is 0.731. The first kappa shape index (κ1) is 15.0. The van der Waals surface area contributed by atoms with Gasteiger partial charge in [-0.15, -0.1) is 0 Å². The molecule has 2 N–H and O–H groups in total. The number of fused-ring (bicyclic) bond motifs is 1. The van der Waals surface area contributed by atoms with Crippen molar-refractivity contribution in [3.05, 3.63) is 54.0 Å². The first-order valence-corrected chi connectivity index (χ1v) is 7.44. The van der Waals surface area contributed by atoms with E-state index in [1.54, 1.807) is 13.3 Å². The zero-order chi connectivity index (χ0) is 16.1. The van der Waals surface area contributed by atoms with Crippen molar-refractivity contribution in [3.8, 4) is 5.88 Å². The standard InChI is InChI=1S/C17H18N4O2/c1-23-17-12(5-4-10-18-17)11-19-16(22)9-8-15-20-13-6-2-3-7-14(13)21-15/h2-7,10H,8-9,11H2,1H3,(H,19,22)(H,20,21). The lowest BCUT2D eigenvalue weighted by atomic mass is 10.2. The third-order valence-electron chi connectivity index (χ3n) is 3.55. The van der Waals surface area contributed by atoms with Gasteiger partial charge in [-0.05, 0) is 18.2 Å². The predicted octanol–water partition coefficient (Wildman–Crippen LogP) is 2.22. The highest BCUT2D eigenvalue weighted by Crippen LogP contribution is 2.13. The molecule has 6 heteroatoms. The summed E-state index contributed by atoms with van der Waals surface area (Å²) in [7, 11) is 1.56. The van der Waals surface area contributed by atoms with Crippen molar-refractivity contribution >= 4 is 16.9 Å². The first-order chi connectivity index (χ1) is 11.3. The number of rotatable bonds is 6. The molecular formula is C17H18N4O2. The largest absolute Gasteiger partial charge is 0.481 e. The summed E-state index contributed by atoms with van der Waals surface area (Å²) in [6.45, 7) is 0.399. The van der Waals surface area contributed by atoms with Crippen molar-refractivity contribution < 1.29 is 9.53 Å². The van der Waals surface area contributed by atoms with Gasteiger partial charge in [0.15, 0.2) is 0 Å². The molecule has 0 aliphatic rings. The number of aromatic nitrogens is 3. The number of benzene rings is 1. The zero-order valence-electron chi connectivity index (χ0n) is 12.9. The number of aromatic amines is 1. The fourth-order valence-electron chi connectivity index (χ4n) is 2.38. The fourth-order valence-corrected chi connectivity index (χ4v) is 2.38. The summed E-state index contributed by atoms with van der Waals surface area (Å²) >= 11 is 0. The molecule has 23 heavy (non-hydrogen) atoms. The lowest BCUT2D eigenvalue weighted by Gasteiger charge is -2.08. The summed E-state index contributed by atoms with van der Waals surface area (Å²) < 4.78 is 5.16. The molecule has 2 heterocycles. The van der Waals surface area contributed by atoms with Crippen LogP contribution in [0.2, 0.25) is 0 Å². The fraction of sp³-hybridized carbons (Fsp3) is 0.235. The van der Waals surface area contributed by atoms with E-state index >= 15 is 0 Å². The Hall–Kier alpha value is -2.89. The number of nitrogens with zero attached hydrogens (tertiary/aromatic N) is 2. The van der Waals surface area contributed by atoms with Gasteiger partial charge in [-0.25, -0.2) is 9.97 Å². The third kappa shape index (κ3) is 3.66. The Labute approximate surface area is 133 Å². The van der Waals surface area contributed by atoms with Crippen molar-refractivity contribution in [2.75, 3.05) is 7.11 Å². The zero-order valence-corrected chi connectivity index (χ0v) is 12.9. The predicted molar refractivity (Wildman–Crippen MR) is 87.1 cm³/mol. The minimum atomic E-state index is -0.0311. The Morgan fingerprint density at radius 3 is 2.96 bits per heavy atom. The number of imidazole rings is 1. The van der Waals surface area contributed by atoms with Crippen LogP contribution >= 0.6 is 0 Å². The molecule has 3 aromatic rings. The van der Waals surface area contributed by atoms with Crippen molar-refractivity contribution in [2.24, 2.45) is 0 Å². The van der Waals surface area contributed by atoms with Crippen LogP contribution in [-0.2, 0) is 17.8 Å². The lowest BCUT2D eigenvalue weighted by Crippen LogP contribution is -2.23. The SMILES string of the molecule is COc1ncccc1CNC(=O)CCc1nc2ccccc2[nH]1. The van der Waals surface area contributed by atoms with E-state index in [0.29, 0.717) is 25.3 Å². The molecule has 0 fully saturated rings. The van der Waals surface area contributed by atoms with Crippen LogP contribution in [0.1, 0.15) is 17.8 Å². The summed E-state index contributed by atoms with van der Waals surface area (Å²) in [5, 5.41) is 2.88. The smallest absolute Gasteiger partial charge is 0.220 e. The summed E-state index contributed by atoms with van der Waals surface area (Å²) in [5.74, 6) is 1.32. The monoisotopic (exact) mass is 310 g/mol. The molecule has 0 unspecified atom stereocenters. The molecular weight excluding hydrogens is 292 g/mol. The number of ether oxygens (including phenoxy) is 1. The van der Waals surface area contributed by atoms with E-state index in [0.717, 1.165) is 22.4 Å². The van der Waals surface area contributed by atoms with Crippen molar-refractivity contribution in [3.63, 3.8) is 0 Å². The molecule has 6 nitrogen and oxygen atoms in total.